The number of benzene rings is 1. The second-order valence-electron chi connectivity index (χ2n) is 10.2. The van der Waals surface area contributed by atoms with Crippen LogP contribution < -0.4 is 16.4 Å². The first-order valence-electron chi connectivity index (χ1n) is 13.4. The lowest BCUT2D eigenvalue weighted by Gasteiger charge is -2.17. The Morgan fingerprint density at radius 3 is 2.72 bits per heavy atom. The number of pyridine rings is 1. The zero-order valence-electron chi connectivity index (χ0n) is 24.0. The van der Waals surface area contributed by atoms with Crippen LogP contribution in [0.5, 0.6) is 5.75 Å². The number of aromatic hydroxyl groups is 1. The van der Waals surface area contributed by atoms with Crippen molar-refractivity contribution in [3.63, 3.8) is 0 Å². The Balaban J connectivity index is 1.50. The van der Waals surface area contributed by atoms with Crippen LogP contribution in [0.1, 0.15) is 62.7 Å². The van der Waals surface area contributed by atoms with E-state index in [2.05, 4.69) is 30.7 Å². The molecular formula is C30H30N10O3. The van der Waals surface area contributed by atoms with Gasteiger partial charge in [-0.25, -0.2) is 19.5 Å². The summed E-state index contributed by atoms with van der Waals surface area (Å²) in [5.74, 6) is 0.335. The van der Waals surface area contributed by atoms with Gasteiger partial charge in [0.05, 0.1) is 29.6 Å². The smallest absolute Gasteiger partial charge is 0.251 e. The summed E-state index contributed by atoms with van der Waals surface area (Å²) in [7, 11) is 0. The van der Waals surface area contributed by atoms with Crippen LogP contribution >= 0.6 is 0 Å². The summed E-state index contributed by atoms with van der Waals surface area (Å²) in [4.78, 5) is 30.3. The molecule has 5 aromatic rings. The van der Waals surface area contributed by atoms with Crippen molar-refractivity contribution in [2.75, 3.05) is 11.1 Å². The van der Waals surface area contributed by atoms with Crippen molar-refractivity contribution in [3.8, 4) is 23.1 Å². The van der Waals surface area contributed by atoms with E-state index in [0.29, 0.717) is 39.5 Å². The van der Waals surface area contributed by atoms with Gasteiger partial charge < -0.3 is 26.6 Å². The Bertz CT molecular complexity index is 1910. The fourth-order valence-electron chi connectivity index (χ4n) is 4.81. The van der Waals surface area contributed by atoms with Crippen LogP contribution in [0.4, 0.5) is 11.6 Å². The van der Waals surface area contributed by atoms with E-state index in [0.717, 1.165) is 16.6 Å². The molecule has 218 valence electrons. The van der Waals surface area contributed by atoms with Gasteiger partial charge >= 0.3 is 0 Å². The number of nitrogens with zero attached hydrogens (tertiary/aromatic N) is 7. The highest BCUT2D eigenvalue weighted by Gasteiger charge is 2.20. The highest BCUT2D eigenvalue weighted by atomic mass is 16.3. The van der Waals surface area contributed by atoms with Gasteiger partial charge in [0.1, 0.15) is 35.3 Å². The van der Waals surface area contributed by atoms with Crippen molar-refractivity contribution in [2.45, 2.75) is 46.9 Å². The van der Waals surface area contributed by atoms with Gasteiger partial charge in [-0.1, -0.05) is 0 Å². The standard InChI is InChI=1S/C30H30N10O3/c1-15-7-19(9-20(8-15)30(43)34-12-23-21(13-41)11-33-17(3)26(23)42)24-25-16(2)5-6-40(25)39-28(38-24)18(4)37-29-22(10-31)27(32)35-14-36-29/h5-9,11,14,18,41-42H,12-13H2,1-4H3,(H,34,43)(H3,32,35,36,37)/t18-/m0/s1. The van der Waals surface area contributed by atoms with Crippen LogP contribution in [-0.2, 0) is 13.2 Å². The third kappa shape index (κ3) is 5.64. The number of hydrogen-bond donors (Lipinski definition) is 5. The van der Waals surface area contributed by atoms with Gasteiger partial charge in [0, 0.05) is 41.2 Å². The second-order valence-corrected chi connectivity index (χ2v) is 10.2. The Morgan fingerprint density at radius 1 is 1.19 bits per heavy atom. The minimum absolute atomic E-state index is 0.00827. The molecule has 0 bridgehead atoms. The quantitative estimate of drug-likeness (QED) is 0.181. The molecule has 13 nitrogen and oxygen atoms in total. The van der Waals surface area contributed by atoms with Crippen LogP contribution in [0, 0.1) is 32.1 Å². The third-order valence-corrected chi connectivity index (χ3v) is 7.10. The van der Waals surface area contributed by atoms with Gasteiger partial charge in [-0.15, -0.1) is 0 Å². The number of nitrogens with one attached hydrogen (secondary N) is 2. The highest BCUT2D eigenvalue weighted by molar-refractivity contribution is 5.96. The van der Waals surface area contributed by atoms with E-state index >= 15 is 0 Å². The van der Waals surface area contributed by atoms with Crippen LogP contribution in [0.25, 0.3) is 16.8 Å². The molecule has 0 fully saturated rings. The SMILES string of the molecule is Cc1cc(C(=O)NCc2c(CO)cnc(C)c2O)cc(-c2nc([C@H](C)Nc3ncnc(N)c3C#N)nn3ccc(C)c23)c1. The summed E-state index contributed by atoms with van der Waals surface area (Å²) < 4.78 is 1.73. The summed E-state index contributed by atoms with van der Waals surface area (Å²) >= 11 is 0. The molecule has 0 saturated heterocycles. The van der Waals surface area contributed by atoms with E-state index in [1.54, 1.807) is 23.6 Å². The van der Waals surface area contributed by atoms with Gasteiger partial charge in [0.25, 0.3) is 5.91 Å². The first-order valence-corrected chi connectivity index (χ1v) is 13.4. The van der Waals surface area contributed by atoms with E-state index in [1.807, 2.05) is 45.2 Å². The molecule has 0 aliphatic heterocycles. The van der Waals surface area contributed by atoms with Crippen molar-refractivity contribution in [2.24, 2.45) is 0 Å². The number of rotatable bonds is 8. The summed E-state index contributed by atoms with van der Waals surface area (Å²) in [5.41, 5.74) is 11.5. The topological polar surface area (TPSA) is 200 Å². The zero-order valence-corrected chi connectivity index (χ0v) is 24.0. The number of aromatic nitrogens is 6. The first-order chi connectivity index (χ1) is 20.6. The number of carbonyl (C=O) groups excluding carboxylic acids is 1. The van der Waals surface area contributed by atoms with Crippen molar-refractivity contribution in [1.29, 1.82) is 5.26 Å². The molecule has 0 saturated carbocycles. The molecule has 0 aliphatic carbocycles. The van der Waals surface area contributed by atoms with Crippen molar-refractivity contribution < 1.29 is 15.0 Å². The minimum atomic E-state index is -0.475. The predicted octanol–water partition coefficient (Wildman–Crippen LogP) is 3.26. The Hall–Kier alpha value is -5.61. The third-order valence-electron chi connectivity index (χ3n) is 7.10. The zero-order chi connectivity index (χ0) is 30.8. The van der Waals surface area contributed by atoms with E-state index in [-0.39, 0.29) is 42.0 Å². The van der Waals surface area contributed by atoms with Crippen molar-refractivity contribution in [1.82, 2.24) is 34.9 Å². The molecule has 5 rings (SSSR count). The van der Waals surface area contributed by atoms with E-state index < -0.39 is 6.04 Å². The fraction of sp³-hybridized carbons (Fsp3) is 0.233. The number of aliphatic hydroxyl groups is 1. The normalized spacial score (nSPS) is 11.7. The first kappa shape index (κ1) is 28.9. The monoisotopic (exact) mass is 578 g/mol. The summed E-state index contributed by atoms with van der Waals surface area (Å²) in [5, 5.41) is 40.4. The Morgan fingerprint density at radius 2 is 1.98 bits per heavy atom. The summed E-state index contributed by atoms with van der Waals surface area (Å²) in [6, 6.07) is 8.93. The van der Waals surface area contributed by atoms with Gasteiger partial charge in [0.2, 0.25) is 0 Å². The molecular weight excluding hydrogens is 548 g/mol. The number of fused-ring (bicyclic) bond motifs is 1. The van der Waals surface area contributed by atoms with Crippen molar-refractivity contribution >= 4 is 23.1 Å². The number of carbonyl (C=O) groups is 1. The van der Waals surface area contributed by atoms with Crippen LogP contribution in [0.3, 0.4) is 0 Å². The number of aliphatic hydroxyl groups excluding tert-OH is 1. The molecule has 0 unspecified atom stereocenters. The molecule has 0 spiro atoms. The molecule has 1 atom stereocenters. The molecule has 4 heterocycles. The van der Waals surface area contributed by atoms with Gasteiger partial charge in [-0.05, 0) is 63.1 Å². The van der Waals surface area contributed by atoms with Crippen LogP contribution in [0.15, 0.2) is 43.0 Å². The van der Waals surface area contributed by atoms with E-state index in [1.165, 1.54) is 12.5 Å². The van der Waals surface area contributed by atoms with Gasteiger partial charge in [0.15, 0.2) is 5.82 Å². The maximum absolute atomic E-state index is 13.3. The van der Waals surface area contributed by atoms with E-state index in [9.17, 15) is 20.3 Å². The Labute approximate surface area is 247 Å². The van der Waals surface area contributed by atoms with Crippen LogP contribution in [0.2, 0.25) is 0 Å². The molecule has 0 radical (unpaired) electrons. The lowest BCUT2D eigenvalue weighted by atomic mass is 10.0. The highest BCUT2D eigenvalue weighted by Crippen LogP contribution is 2.30. The predicted molar refractivity (Wildman–Crippen MR) is 159 cm³/mol. The number of nitrogens with two attached hydrogens (primary N) is 1. The lowest BCUT2D eigenvalue weighted by Crippen LogP contribution is -2.24. The average molecular weight is 579 g/mol. The minimum Gasteiger partial charge on any atom is -0.506 e. The number of hydrogen-bond acceptors (Lipinski definition) is 11. The number of amides is 1. The Kier molecular flexibility index (Phi) is 7.87. The lowest BCUT2D eigenvalue weighted by molar-refractivity contribution is 0.0950. The number of nitrogen functional groups attached to an aromatic ring is 1. The van der Waals surface area contributed by atoms with Gasteiger partial charge in [-0.3, -0.25) is 9.78 Å². The number of aryl methyl sites for hydroxylation is 3. The van der Waals surface area contributed by atoms with Crippen molar-refractivity contribution in [3.05, 3.63) is 87.9 Å². The summed E-state index contributed by atoms with van der Waals surface area (Å²) in [6.07, 6.45) is 4.59. The molecule has 6 N–H and O–H groups in total. The molecule has 1 aromatic carbocycles. The second kappa shape index (κ2) is 11.7. The van der Waals surface area contributed by atoms with Crippen LogP contribution in [-0.4, -0.2) is 45.7 Å². The molecule has 0 aliphatic rings. The average Bonchev–Trinajstić information content (AvgIpc) is 3.37. The molecule has 43 heavy (non-hydrogen) atoms. The van der Waals surface area contributed by atoms with Gasteiger partial charge in [-0.2, -0.15) is 10.4 Å². The summed E-state index contributed by atoms with van der Waals surface area (Å²) in [6.45, 7) is 7.02. The number of nitriles is 1. The van der Waals surface area contributed by atoms with E-state index in [4.69, 9.17) is 10.7 Å². The largest absolute Gasteiger partial charge is 0.506 e. The molecule has 1 amide bonds. The maximum Gasteiger partial charge on any atom is 0.251 e. The number of anilines is 2. The molecule has 4 aromatic heterocycles. The maximum atomic E-state index is 13.3. The fourth-order valence-corrected chi connectivity index (χ4v) is 4.81. The molecule has 13 heteroatoms.